The summed E-state index contributed by atoms with van der Waals surface area (Å²) in [6.45, 7) is 6.15. The van der Waals surface area contributed by atoms with Gasteiger partial charge in [0.15, 0.2) is 0 Å². The summed E-state index contributed by atoms with van der Waals surface area (Å²) in [6, 6.07) is 6.76. The van der Waals surface area contributed by atoms with E-state index in [9.17, 15) is 9.18 Å². The van der Waals surface area contributed by atoms with Gasteiger partial charge < -0.3 is 4.90 Å². The molecule has 4 heteroatoms. The summed E-state index contributed by atoms with van der Waals surface area (Å²) < 4.78 is 13.1. The maximum Gasteiger partial charge on any atom is 0.244 e. The molecule has 0 radical (unpaired) electrons. The van der Waals surface area contributed by atoms with E-state index < -0.39 is 5.54 Å². The Morgan fingerprint density at radius 3 is 2.50 bits per heavy atom. The molecule has 2 fully saturated rings. The number of nitrogens with one attached hydrogen (secondary N) is 1. The number of halogens is 1. The van der Waals surface area contributed by atoms with Gasteiger partial charge in [0.1, 0.15) is 12.0 Å². The van der Waals surface area contributed by atoms with Gasteiger partial charge in [-0.25, -0.2) is 4.39 Å². The molecule has 4 atom stereocenters. The predicted molar refractivity (Wildman–Crippen MR) is 75.4 cm³/mol. The third-order valence-corrected chi connectivity index (χ3v) is 4.76. The molecule has 0 spiro atoms. The second-order valence-electron chi connectivity index (χ2n) is 6.28. The highest BCUT2D eigenvalue weighted by Crippen LogP contribution is 2.44. The van der Waals surface area contributed by atoms with Crippen LogP contribution in [0.5, 0.6) is 0 Å². The average Bonchev–Trinajstić information content (AvgIpc) is 3.08. The maximum absolute atomic E-state index is 13.1. The molecule has 1 aliphatic heterocycles. The van der Waals surface area contributed by atoms with Crippen LogP contribution in [0.25, 0.3) is 0 Å². The van der Waals surface area contributed by atoms with E-state index in [0.29, 0.717) is 12.0 Å². The van der Waals surface area contributed by atoms with Crippen molar-refractivity contribution in [2.24, 2.45) is 5.92 Å². The average molecular weight is 276 g/mol. The lowest BCUT2D eigenvalue weighted by Gasteiger charge is -2.24. The third kappa shape index (κ3) is 2.03. The van der Waals surface area contributed by atoms with E-state index in [-0.39, 0.29) is 17.9 Å². The van der Waals surface area contributed by atoms with Gasteiger partial charge in [0.25, 0.3) is 0 Å². The summed E-state index contributed by atoms with van der Waals surface area (Å²) in [5.74, 6) is 0.481. The summed E-state index contributed by atoms with van der Waals surface area (Å²) in [6.07, 6.45) is 1.68. The van der Waals surface area contributed by atoms with Crippen molar-refractivity contribution in [1.82, 2.24) is 10.2 Å². The van der Waals surface area contributed by atoms with Crippen molar-refractivity contribution < 1.29 is 9.18 Å². The highest BCUT2D eigenvalue weighted by atomic mass is 19.1. The van der Waals surface area contributed by atoms with Crippen molar-refractivity contribution in [2.45, 2.75) is 51.4 Å². The summed E-state index contributed by atoms with van der Waals surface area (Å²) in [4.78, 5) is 14.7. The van der Waals surface area contributed by atoms with Crippen molar-refractivity contribution >= 4 is 5.91 Å². The van der Waals surface area contributed by atoms with Crippen LogP contribution >= 0.6 is 0 Å². The standard InChI is InChI=1S/C16H21FN2O/c1-4-16(3)15(20)19(13-9-10(13)2)14(18-16)11-5-7-12(17)8-6-11/h5-8,10,13-14,18H,4,9H2,1-3H3. The molecule has 1 aliphatic carbocycles. The molecule has 20 heavy (non-hydrogen) atoms. The monoisotopic (exact) mass is 276 g/mol. The Morgan fingerprint density at radius 2 is 2.00 bits per heavy atom. The first kappa shape index (κ1) is 13.6. The molecule has 1 saturated carbocycles. The zero-order chi connectivity index (χ0) is 14.5. The van der Waals surface area contributed by atoms with Crippen LogP contribution in [0.3, 0.4) is 0 Å². The van der Waals surface area contributed by atoms with Gasteiger partial charge in [-0.05, 0) is 43.4 Å². The van der Waals surface area contributed by atoms with Crippen LogP contribution in [0.2, 0.25) is 0 Å². The van der Waals surface area contributed by atoms with Gasteiger partial charge in [-0.15, -0.1) is 0 Å². The van der Waals surface area contributed by atoms with Crippen LogP contribution in [0, 0.1) is 11.7 Å². The fourth-order valence-electron chi connectivity index (χ4n) is 3.01. The van der Waals surface area contributed by atoms with Gasteiger partial charge >= 0.3 is 0 Å². The molecule has 1 N–H and O–H groups in total. The van der Waals surface area contributed by atoms with Gasteiger partial charge in [-0.2, -0.15) is 0 Å². The Hall–Kier alpha value is -1.42. The number of hydrogen-bond donors (Lipinski definition) is 1. The summed E-state index contributed by atoms with van der Waals surface area (Å²) in [5, 5.41) is 3.45. The number of nitrogens with zero attached hydrogens (tertiary/aromatic N) is 1. The molecule has 0 aromatic heterocycles. The Labute approximate surface area is 119 Å². The molecular formula is C16H21FN2O. The first-order valence-electron chi connectivity index (χ1n) is 7.32. The maximum atomic E-state index is 13.1. The van der Waals surface area contributed by atoms with Crippen molar-refractivity contribution in [3.8, 4) is 0 Å². The van der Waals surface area contributed by atoms with Crippen LogP contribution in [-0.2, 0) is 4.79 Å². The zero-order valence-electron chi connectivity index (χ0n) is 12.2. The van der Waals surface area contributed by atoms with Crippen LogP contribution in [0.4, 0.5) is 4.39 Å². The lowest BCUT2D eigenvalue weighted by atomic mass is 9.99. The van der Waals surface area contributed by atoms with Crippen molar-refractivity contribution in [3.63, 3.8) is 0 Å². The number of amides is 1. The Morgan fingerprint density at radius 1 is 1.40 bits per heavy atom. The van der Waals surface area contributed by atoms with E-state index in [1.807, 2.05) is 18.7 Å². The van der Waals surface area contributed by atoms with Crippen molar-refractivity contribution in [1.29, 1.82) is 0 Å². The van der Waals surface area contributed by atoms with E-state index >= 15 is 0 Å². The molecule has 4 unspecified atom stereocenters. The SMILES string of the molecule is CCC1(C)NC(c2ccc(F)cc2)N(C2CC2C)C1=O. The first-order valence-corrected chi connectivity index (χ1v) is 7.32. The topological polar surface area (TPSA) is 32.3 Å². The van der Waals surface area contributed by atoms with Crippen molar-refractivity contribution in [3.05, 3.63) is 35.6 Å². The lowest BCUT2D eigenvalue weighted by Crippen LogP contribution is -2.43. The molecule has 1 aromatic carbocycles. The van der Waals surface area contributed by atoms with E-state index in [4.69, 9.17) is 0 Å². The molecule has 1 saturated heterocycles. The molecule has 2 aliphatic rings. The van der Waals surface area contributed by atoms with Gasteiger partial charge in [-0.1, -0.05) is 26.0 Å². The summed E-state index contributed by atoms with van der Waals surface area (Å²) in [5.41, 5.74) is 0.442. The first-order chi connectivity index (χ1) is 9.46. The molecule has 0 bridgehead atoms. The second kappa shape index (κ2) is 4.55. The van der Waals surface area contributed by atoms with E-state index in [2.05, 4.69) is 12.2 Å². The fourth-order valence-corrected chi connectivity index (χ4v) is 3.01. The number of rotatable bonds is 3. The second-order valence-corrected chi connectivity index (χ2v) is 6.28. The van der Waals surface area contributed by atoms with Gasteiger partial charge in [0, 0.05) is 6.04 Å². The van der Waals surface area contributed by atoms with E-state index in [1.54, 1.807) is 12.1 Å². The predicted octanol–water partition coefficient (Wildman–Crippen LogP) is 2.83. The molecule has 108 valence electrons. The molecule has 1 amide bonds. The number of hydrogen-bond acceptors (Lipinski definition) is 2. The van der Waals surface area contributed by atoms with Gasteiger partial charge in [0.2, 0.25) is 5.91 Å². The number of carbonyl (C=O) groups excluding carboxylic acids is 1. The largest absolute Gasteiger partial charge is 0.318 e. The minimum Gasteiger partial charge on any atom is -0.318 e. The van der Waals surface area contributed by atoms with Crippen LogP contribution in [0.15, 0.2) is 24.3 Å². The summed E-state index contributed by atoms with van der Waals surface area (Å²) in [7, 11) is 0. The fraction of sp³-hybridized carbons (Fsp3) is 0.562. The normalized spacial score (nSPS) is 36.5. The Kier molecular flexibility index (Phi) is 3.09. The molecule has 3 rings (SSSR count). The molecule has 1 aromatic rings. The zero-order valence-corrected chi connectivity index (χ0v) is 12.2. The third-order valence-electron chi connectivity index (χ3n) is 4.76. The van der Waals surface area contributed by atoms with Crippen molar-refractivity contribution in [2.75, 3.05) is 0 Å². The Balaban J connectivity index is 1.95. The van der Waals surface area contributed by atoms with Crippen LogP contribution in [0.1, 0.15) is 45.3 Å². The quantitative estimate of drug-likeness (QED) is 0.920. The van der Waals surface area contributed by atoms with E-state index in [1.165, 1.54) is 12.1 Å². The van der Waals surface area contributed by atoms with Gasteiger partial charge in [0.05, 0.1) is 5.54 Å². The highest BCUT2D eigenvalue weighted by Gasteiger charge is 2.54. The van der Waals surface area contributed by atoms with Crippen LogP contribution < -0.4 is 5.32 Å². The number of benzene rings is 1. The molecule has 3 nitrogen and oxygen atoms in total. The van der Waals surface area contributed by atoms with E-state index in [0.717, 1.165) is 18.4 Å². The smallest absolute Gasteiger partial charge is 0.244 e. The summed E-state index contributed by atoms with van der Waals surface area (Å²) >= 11 is 0. The minimum atomic E-state index is -0.513. The van der Waals surface area contributed by atoms with Crippen LogP contribution in [-0.4, -0.2) is 22.4 Å². The minimum absolute atomic E-state index is 0.136. The molecular weight excluding hydrogens is 255 g/mol. The highest BCUT2D eigenvalue weighted by molar-refractivity contribution is 5.89. The lowest BCUT2D eigenvalue weighted by molar-refractivity contribution is -0.133. The molecule has 1 heterocycles. The number of carbonyl (C=O) groups is 1. The Bertz CT molecular complexity index is 530. The van der Waals surface area contributed by atoms with Gasteiger partial charge in [-0.3, -0.25) is 10.1 Å².